The molecule has 104 valence electrons. The highest BCUT2D eigenvalue weighted by Crippen LogP contribution is 2.27. The van der Waals surface area contributed by atoms with Crippen LogP contribution in [0, 0.1) is 0 Å². The monoisotopic (exact) mass is 397 g/mol. The first-order valence-corrected chi connectivity index (χ1v) is 7.55. The van der Waals surface area contributed by atoms with Gasteiger partial charge in [-0.1, -0.05) is 28.1 Å². The number of halogens is 2. The van der Waals surface area contributed by atoms with E-state index in [9.17, 15) is 4.79 Å². The number of ether oxygens (including phenoxy) is 1. The fourth-order valence-electron chi connectivity index (χ4n) is 1.75. The summed E-state index contributed by atoms with van der Waals surface area (Å²) in [4.78, 5) is 12.1. The zero-order valence-corrected chi connectivity index (χ0v) is 14.0. The summed E-state index contributed by atoms with van der Waals surface area (Å²) in [6, 6.07) is 13.1. The molecule has 1 amide bonds. The van der Waals surface area contributed by atoms with E-state index in [1.807, 2.05) is 36.4 Å². The largest absolute Gasteiger partial charge is 0.497 e. The molecule has 0 bridgehead atoms. The van der Waals surface area contributed by atoms with Gasteiger partial charge in [-0.25, -0.2) is 0 Å². The first-order valence-electron chi connectivity index (χ1n) is 5.96. The summed E-state index contributed by atoms with van der Waals surface area (Å²) >= 11 is 6.80. The van der Waals surface area contributed by atoms with Gasteiger partial charge in [-0.05, 0) is 45.8 Å². The first-order chi connectivity index (χ1) is 9.58. The van der Waals surface area contributed by atoms with Crippen LogP contribution in [0.25, 0.3) is 0 Å². The molecule has 2 aromatic rings. The molecule has 0 radical (unpaired) electrons. The second-order valence-corrected chi connectivity index (χ2v) is 5.97. The number of anilines is 1. The molecule has 0 fully saturated rings. The number of benzene rings is 2. The van der Waals surface area contributed by atoms with Crippen LogP contribution < -0.4 is 10.1 Å². The topological polar surface area (TPSA) is 38.3 Å². The number of nitrogens with one attached hydrogen (secondary N) is 1. The van der Waals surface area contributed by atoms with Crippen molar-refractivity contribution in [1.82, 2.24) is 0 Å². The second-order valence-electron chi connectivity index (χ2n) is 4.20. The Balaban J connectivity index is 2.08. The molecule has 0 aliphatic rings. The number of rotatable bonds is 4. The minimum atomic E-state index is -0.0722. The Morgan fingerprint density at radius 3 is 2.70 bits per heavy atom. The third-order valence-electron chi connectivity index (χ3n) is 2.70. The highest BCUT2D eigenvalue weighted by atomic mass is 79.9. The molecule has 0 heterocycles. The lowest BCUT2D eigenvalue weighted by molar-refractivity contribution is -0.115. The normalized spacial score (nSPS) is 10.2. The van der Waals surface area contributed by atoms with Crippen LogP contribution in [0.4, 0.5) is 5.69 Å². The molecule has 3 nitrogen and oxygen atoms in total. The predicted octanol–water partition coefficient (Wildman–Crippen LogP) is 4.40. The van der Waals surface area contributed by atoms with Gasteiger partial charge in [0.15, 0.2) is 0 Å². The van der Waals surface area contributed by atoms with Gasteiger partial charge in [0.25, 0.3) is 0 Å². The molecule has 0 aliphatic heterocycles. The van der Waals surface area contributed by atoms with Crippen LogP contribution in [0.3, 0.4) is 0 Å². The molecule has 2 rings (SSSR count). The molecule has 20 heavy (non-hydrogen) atoms. The molecular weight excluding hydrogens is 386 g/mol. The fourth-order valence-corrected chi connectivity index (χ4v) is 2.55. The van der Waals surface area contributed by atoms with Crippen molar-refractivity contribution >= 4 is 43.5 Å². The maximum Gasteiger partial charge on any atom is 0.228 e. The van der Waals surface area contributed by atoms with Crippen LogP contribution >= 0.6 is 31.9 Å². The van der Waals surface area contributed by atoms with E-state index in [0.717, 1.165) is 14.5 Å². The van der Waals surface area contributed by atoms with E-state index >= 15 is 0 Å². The summed E-state index contributed by atoms with van der Waals surface area (Å²) in [5, 5.41) is 2.87. The summed E-state index contributed by atoms with van der Waals surface area (Å²) in [6.45, 7) is 0. The fraction of sp³-hybridized carbons (Fsp3) is 0.133. The molecule has 0 aliphatic carbocycles. The molecule has 2 aromatic carbocycles. The quantitative estimate of drug-likeness (QED) is 0.828. The Hall–Kier alpha value is -1.33. The van der Waals surface area contributed by atoms with Crippen molar-refractivity contribution in [3.8, 4) is 5.75 Å². The standard InChI is InChI=1S/C15H13Br2NO2/c1-20-12-5-6-13(17)14(9-12)18-15(19)8-10-3-2-4-11(16)7-10/h2-7,9H,8H2,1H3,(H,18,19). The molecule has 0 unspecified atom stereocenters. The van der Waals surface area contributed by atoms with Crippen LogP contribution in [0.5, 0.6) is 5.75 Å². The number of hydrogen-bond donors (Lipinski definition) is 1. The van der Waals surface area contributed by atoms with Gasteiger partial charge in [-0.15, -0.1) is 0 Å². The highest BCUT2D eigenvalue weighted by Gasteiger charge is 2.08. The Morgan fingerprint density at radius 1 is 1.20 bits per heavy atom. The minimum absolute atomic E-state index is 0.0722. The van der Waals surface area contributed by atoms with E-state index in [-0.39, 0.29) is 5.91 Å². The highest BCUT2D eigenvalue weighted by molar-refractivity contribution is 9.10. The van der Waals surface area contributed by atoms with Crippen molar-refractivity contribution in [2.45, 2.75) is 6.42 Å². The van der Waals surface area contributed by atoms with Gasteiger partial charge < -0.3 is 10.1 Å². The summed E-state index contributed by atoms with van der Waals surface area (Å²) in [6.07, 6.45) is 0.323. The number of methoxy groups -OCH3 is 1. The van der Waals surface area contributed by atoms with Crippen LogP contribution in [0.1, 0.15) is 5.56 Å². The molecule has 0 saturated heterocycles. The van der Waals surface area contributed by atoms with E-state index in [2.05, 4.69) is 37.2 Å². The summed E-state index contributed by atoms with van der Waals surface area (Å²) in [5.74, 6) is 0.628. The number of carbonyl (C=O) groups excluding carboxylic acids is 1. The maximum absolute atomic E-state index is 12.1. The Labute approximate surface area is 134 Å². The molecule has 0 aromatic heterocycles. The lowest BCUT2D eigenvalue weighted by atomic mass is 10.1. The third kappa shape index (κ3) is 4.08. The van der Waals surface area contributed by atoms with Crippen LogP contribution in [0.15, 0.2) is 51.4 Å². The van der Waals surface area contributed by atoms with Crippen molar-refractivity contribution < 1.29 is 9.53 Å². The van der Waals surface area contributed by atoms with Gasteiger partial charge in [0.1, 0.15) is 5.75 Å². The average Bonchev–Trinajstić information content (AvgIpc) is 2.41. The van der Waals surface area contributed by atoms with Crippen molar-refractivity contribution in [1.29, 1.82) is 0 Å². The molecular formula is C15H13Br2NO2. The van der Waals surface area contributed by atoms with Crippen molar-refractivity contribution in [2.75, 3.05) is 12.4 Å². The Morgan fingerprint density at radius 2 is 2.00 bits per heavy atom. The number of carbonyl (C=O) groups is 1. The van der Waals surface area contributed by atoms with Gasteiger partial charge in [0.2, 0.25) is 5.91 Å². The second kappa shape index (κ2) is 6.90. The molecule has 5 heteroatoms. The van der Waals surface area contributed by atoms with Gasteiger partial charge in [0.05, 0.1) is 19.2 Å². The summed E-state index contributed by atoms with van der Waals surface area (Å²) in [7, 11) is 1.59. The predicted molar refractivity (Wildman–Crippen MR) is 87.2 cm³/mol. The van der Waals surface area contributed by atoms with Gasteiger partial charge in [-0.3, -0.25) is 4.79 Å². The van der Waals surface area contributed by atoms with Crippen LogP contribution in [0.2, 0.25) is 0 Å². The van der Waals surface area contributed by atoms with Crippen LogP contribution in [-0.2, 0) is 11.2 Å². The zero-order valence-electron chi connectivity index (χ0n) is 10.8. The summed E-state index contributed by atoms with van der Waals surface area (Å²) in [5.41, 5.74) is 1.65. The number of hydrogen-bond acceptors (Lipinski definition) is 2. The average molecular weight is 399 g/mol. The van der Waals surface area contributed by atoms with E-state index in [0.29, 0.717) is 17.9 Å². The van der Waals surface area contributed by atoms with Crippen molar-refractivity contribution in [2.24, 2.45) is 0 Å². The molecule has 1 N–H and O–H groups in total. The SMILES string of the molecule is COc1ccc(Br)c(NC(=O)Cc2cccc(Br)c2)c1. The Kier molecular flexibility index (Phi) is 5.20. The first kappa shape index (κ1) is 15.1. The number of amides is 1. The lowest BCUT2D eigenvalue weighted by Crippen LogP contribution is -2.14. The molecule has 0 atom stereocenters. The zero-order chi connectivity index (χ0) is 14.5. The van der Waals surface area contributed by atoms with Gasteiger partial charge >= 0.3 is 0 Å². The van der Waals surface area contributed by atoms with E-state index < -0.39 is 0 Å². The van der Waals surface area contributed by atoms with Gasteiger partial charge in [0, 0.05) is 15.0 Å². The smallest absolute Gasteiger partial charge is 0.228 e. The van der Waals surface area contributed by atoms with E-state index in [1.54, 1.807) is 13.2 Å². The van der Waals surface area contributed by atoms with E-state index in [1.165, 1.54) is 0 Å². The van der Waals surface area contributed by atoms with E-state index in [4.69, 9.17) is 4.74 Å². The molecule has 0 spiro atoms. The Bertz CT molecular complexity index is 629. The summed E-state index contributed by atoms with van der Waals surface area (Å²) < 4.78 is 6.93. The molecule has 0 saturated carbocycles. The van der Waals surface area contributed by atoms with Crippen molar-refractivity contribution in [3.05, 3.63) is 57.0 Å². The van der Waals surface area contributed by atoms with Crippen molar-refractivity contribution in [3.63, 3.8) is 0 Å². The minimum Gasteiger partial charge on any atom is -0.497 e. The van der Waals surface area contributed by atoms with Gasteiger partial charge in [-0.2, -0.15) is 0 Å². The maximum atomic E-state index is 12.1. The van der Waals surface area contributed by atoms with Crippen LogP contribution in [-0.4, -0.2) is 13.0 Å². The lowest BCUT2D eigenvalue weighted by Gasteiger charge is -2.09. The third-order valence-corrected chi connectivity index (χ3v) is 3.89.